The molecule has 66 valence electrons. The number of halogens is 1. The summed E-state index contributed by atoms with van der Waals surface area (Å²) in [6.07, 6.45) is 1.18. The van der Waals surface area contributed by atoms with Crippen molar-refractivity contribution in [2.75, 3.05) is 0 Å². The summed E-state index contributed by atoms with van der Waals surface area (Å²) in [4.78, 5) is 11.2. The Labute approximate surface area is 72.6 Å². The quantitative estimate of drug-likeness (QED) is 0.621. The number of aromatic nitrogens is 1. The van der Waals surface area contributed by atoms with E-state index < -0.39 is 11.4 Å². The molecule has 0 aliphatic rings. The normalized spacial score (nSPS) is 10.5. The fraction of sp³-hybridized carbons (Fsp3) is 0. The summed E-state index contributed by atoms with van der Waals surface area (Å²) in [6.45, 7) is 0. The van der Waals surface area contributed by atoms with Gasteiger partial charge < -0.3 is 5.21 Å². The molecule has 0 radical (unpaired) electrons. The number of hydrogen-bond donors (Lipinski definition) is 1. The number of nitrogens with zero attached hydrogens (tertiary/aromatic N) is 1. The zero-order valence-corrected chi connectivity index (χ0v) is 6.57. The van der Waals surface area contributed by atoms with Crippen molar-refractivity contribution in [1.29, 1.82) is 0 Å². The predicted octanol–water partition coefficient (Wildman–Crippen LogP) is 1.38. The molecule has 1 aromatic carbocycles. The van der Waals surface area contributed by atoms with E-state index in [4.69, 9.17) is 5.21 Å². The molecule has 4 heteroatoms. The first-order valence-corrected chi connectivity index (χ1v) is 3.69. The molecule has 1 heterocycles. The van der Waals surface area contributed by atoms with E-state index in [0.29, 0.717) is 10.1 Å². The highest BCUT2D eigenvalue weighted by atomic mass is 19.1. The third-order valence-corrected chi connectivity index (χ3v) is 1.86. The lowest BCUT2D eigenvalue weighted by molar-refractivity contribution is 0.176. The summed E-state index contributed by atoms with van der Waals surface area (Å²) in [5.41, 5.74) is -0.740. The van der Waals surface area contributed by atoms with Gasteiger partial charge in [-0.3, -0.25) is 4.79 Å². The first kappa shape index (κ1) is 7.79. The minimum absolute atomic E-state index is 0.0903. The molecule has 0 saturated carbocycles. The average Bonchev–Trinajstić information content (AvgIpc) is 2.12. The van der Waals surface area contributed by atoms with Crippen LogP contribution in [0, 0.1) is 5.82 Å². The van der Waals surface area contributed by atoms with Crippen LogP contribution in [0.25, 0.3) is 10.8 Å². The van der Waals surface area contributed by atoms with E-state index in [2.05, 4.69) is 0 Å². The highest BCUT2D eigenvalue weighted by Gasteiger charge is 2.05. The minimum atomic E-state index is -0.740. The molecule has 0 aliphatic carbocycles. The molecule has 0 bridgehead atoms. The van der Waals surface area contributed by atoms with Crippen molar-refractivity contribution in [2.45, 2.75) is 0 Å². The van der Waals surface area contributed by atoms with Crippen molar-refractivity contribution in [3.05, 3.63) is 46.6 Å². The maximum absolute atomic E-state index is 13.1. The standard InChI is InChI=1S/C9H6FNO2/c10-7-3-1-2-6-4-5-11(13)9(12)8(6)7/h1-5,13H. The Morgan fingerprint density at radius 3 is 2.85 bits per heavy atom. The van der Waals surface area contributed by atoms with Crippen LogP contribution in [0.4, 0.5) is 4.39 Å². The molecule has 0 saturated heterocycles. The molecule has 0 unspecified atom stereocenters. The molecule has 0 fully saturated rings. The monoisotopic (exact) mass is 179 g/mol. The maximum atomic E-state index is 13.1. The third-order valence-electron chi connectivity index (χ3n) is 1.86. The Kier molecular flexibility index (Phi) is 1.55. The molecular weight excluding hydrogens is 173 g/mol. The SMILES string of the molecule is O=c1c2c(F)cccc2ccn1O. The number of hydrogen-bond acceptors (Lipinski definition) is 2. The number of fused-ring (bicyclic) bond motifs is 1. The van der Waals surface area contributed by atoms with Crippen LogP contribution in [0.3, 0.4) is 0 Å². The predicted molar refractivity (Wildman–Crippen MR) is 45.4 cm³/mol. The van der Waals surface area contributed by atoms with E-state index in [9.17, 15) is 9.18 Å². The highest BCUT2D eigenvalue weighted by Crippen LogP contribution is 2.12. The van der Waals surface area contributed by atoms with Crippen molar-refractivity contribution in [3.63, 3.8) is 0 Å². The summed E-state index contributed by atoms with van der Waals surface area (Å²) in [7, 11) is 0. The second-order valence-corrected chi connectivity index (χ2v) is 2.67. The molecule has 0 atom stereocenters. The Bertz CT molecular complexity index is 518. The van der Waals surface area contributed by atoms with Crippen LogP contribution < -0.4 is 5.56 Å². The summed E-state index contributed by atoms with van der Waals surface area (Å²) in [5.74, 6) is -0.620. The molecule has 0 aliphatic heterocycles. The Hall–Kier alpha value is -1.84. The van der Waals surface area contributed by atoms with Gasteiger partial charge in [0.1, 0.15) is 5.82 Å². The van der Waals surface area contributed by atoms with Gasteiger partial charge in [-0.15, -0.1) is 0 Å². The summed E-state index contributed by atoms with van der Waals surface area (Å²) in [5, 5.41) is 9.37. The van der Waals surface area contributed by atoms with Crippen LogP contribution in [0.2, 0.25) is 0 Å². The zero-order chi connectivity index (χ0) is 9.42. The van der Waals surface area contributed by atoms with Crippen molar-refractivity contribution in [2.24, 2.45) is 0 Å². The summed E-state index contributed by atoms with van der Waals surface area (Å²) in [6, 6.07) is 5.78. The first-order valence-electron chi connectivity index (χ1n) is 3.69. The van der Waals surface area contributed by atoms with E-state index in [1.54, 1.807) is 6.07 Å². The van der Waals surface area contributed by atoms with Gasteiger partial charge in [-0.1, -0.05) is 12.1 Å². The van der Waals surface area contributed by atoms with E-state index >= 15 is 0 Å². The van der Waals surface area contributed by atoms with Crippen LogP contribution in [0.5, 0.6) is 0 Å². The van der Waals surface area contributed by atoms with Gasteiger partial charge in [-0.25, -0.2) is 4.39 Å². The Morgan fingerprint density at radius 1 is 1.31 bits per heavy atom. The van der Waals surface area contributed by atoms with Crippen LogP contribution in [-0.2, 0) is 0 Å². The van der Waals surface area contributed by atoms with Crippen molar-refractivity contribution < 1.29 is 9.60 Å². The lowest BCUT2D eigenvalue weighted by Gasteiger charge is -1.99. The van der Waals surface area contributed by atoms with Crippen molar-refractivity contribution >= 4 is 10.8 Å². The van der Waals surface area contributed by atoms with Crippen LogP contribution in [-0.4, -0.2) is 9.94 Å². The van der Waals surface area contributed by atoms with Gasteiger partial charge in [-0.2, -0.15) is 4.73 Å². The second kappa shape index (κ2) is 2.58. The molecule has 0 amide bonds. The van der Waals surface area contributed by atoms with E-state index in [1.807, 2.05) is 0 Å². The second-order valence-electron chi connectivity index (χ2n) is 2.67. The smallest absolute Gasteiger partial charge is 0.293 e. The molecule has 3 nitrogen and oxygen atoms in total. The van der Waals surface area contributed by atoms with E-state index in [0.717, 1.165) is 0 Å². The number of benzene rings is 1. The van der Waals surface area contributed by atoms with Crippen molar-refractivity contribution in [1.82, 2.24) is 4.73 Å². The summed E-state index contributed by atoms with van der Waals surface area (Å²) < 4.78 is 13.5. The van der Waals surface area contributed by atoms with Gasteiger partial charge >= 0.3 is 0 Å². The molecule has 2 rings (SSSR count). The third kappa shape index (κ3) is 1.07. The van der Waals surface area contributed by atoms with Gasteiger partial charge in [0.05, 0.1) is 5.39 Å². The Balaban J connectivity index is 3.06. The van der Waals surface area contributed by atoms with Crippen LogP contribution in [0.1, 0.15) is 0 Å². The number of rotatable bonds is 0. The first-order chi connectivity index (χ1) is 6.20. The minimum Gasteiger partial charge on any atom is -0.425 e. The van der Waals surface area contributed by atoms with Crippen molar-refractivity contribution in [3.8, 4) is 0 Å². The fourth-order valence-electron chi connectivity index (χ4n) is 1.24. The molecule has 1 aromatic heterocycles. The molecule has 13 heavy (non-hydrogen) atoms. The molecular formula is C9H6FNO2. The fourth-order valence-corrected chi connectivity index (χ4v) is 1.24. The van der Waals surface area contributed by atoms with Gasteiger partial charge in [0, 0.05) is 6.20 Å². The van der Waals surface area contributed by atoms with E-state index in [1.165, 1.54) is 24.4 Å². The van der Waals surface area contributed by atoms with Crippen LogP contribution in [0.15, 0.2) is 35.3 Å². The Morgan fingerprint density at radius 2 is 2.08 bits per heavy atom. The van der Waals surface area contributed by atoms with Gasteiger partial charge in [-0.05, 0) is 17.5 Å². The number of pyridine rings is 1. The average molecular weight is 179 g/mol. The molecule has 0 spiro atoms. The van der Waals surface area contributed by atoms with Crippen LogP contribution >= 0.6 is 0 Å². The lowest BCUT2D eigenvalue weighted by Crippen LogP contribution is -2.17. The highest BCUT2D eigenvalue weighted by molar-refractivity contribution is 5.81. The largest absolute Gasteiger partial charge is 0.425 e. The molecule has 2 aromatic rings. The zero-order valence-electron chi connectivity index (χ0n) is 6.57. The molecule has 1 N–H and O–H groups in total. The summed E-state index contributed by atoms with van der Waals surface area (Å²) >= 11 is 0. The van der Waals surface area contributed by atoms with Gasteiger partial charge in [0.2, 0.25) is 0 Å². The maximum Gasteiger partial charge on any atom is 0.293 e. The van der Waals surface area contributed by atoms with E-state index in [-0.39, 0.29) is 5.39 Å². The van der Waals surface area contributed by atoms with Gasteiger partial charge in [0.15, 0.2) is 0 Å². The van der Waals surface area contributed by atoms with Gasteiger partial charge in [0.25, 0.3) is 5.56 Å². The lowest BCUT2D eigenvalue weighted by atomic mass is 10.2. The topological polar surface area (TPSA) is 42.2 Å².